The Labute approximate surface area is 140 Å². The molecule has 0 atom stereocenters. The lowest BCUT2D eigenvalue weighted by Crippen LogP contribution is -2.18. The predicted molar refractivity (Wildman–Crippen MR) is 80.1 cm³/mol. The maximum Gasteiger partial charge on any atom is 0.573 e. The lowest BCUT2D eigenvalue weighted by Gasteiger charge is -2.12. The van der Waals surface area contributed by atoms with Crippen LogP contribution in [0.4, 0.5) is 18.9 Å². The predicted octanol–water partition coefficient (Wildman–Crippen LogP) is 3.91. The SMILES string of the molecule is N#Cc1ccc(Cl)cc1NS(=O)(=O)c1cccc(OC(F)(F)F)c1. The van der Waals surface area contributed by atoms with Crippen molar-refractivity contribution in [2.45, 2.75) is 11.3 Å². The smallest absolute Gasteiger partial charge is 0.406 e. The van der Waals surface area contributed by atoms with E-state index in [0.717, 1.165) is 18.2 Å². The number of benzene rings is 2. The minimum absolute atomic E-state index is 0.00525. The van der Waals surface area contributed by atoms with E-state index in [0.29, 0.717) is 6.07 Å². The number of anilines is 1. The van der Waals surface area contributed by atoms with E-state index in [1.807, 2.05) is 0 Å². The van der Waals surface area contributed by atoms with Gasteiger partial charge in [-0.2, -0.15) is 5.26 Å². The number of alkyl halides is 3. The van der Waals surface area contributed by atoms with E-state index in [4.69, 9.17) is 16.9 Å². The molecule has 0 aromatic heterocycles. The van der Waals surface area contributed by atoms with Crippen LogP contribution in [0.5, 0.6) is 5.75 Å². The van der Waals surface area contributed by atoms with Crippen molar-refractivity contribution in [3.05, 3.63) is 53.1 Å². The van der Waals surface area contributed by atoms with Gasteiger partial charge in [0.15, 0.2) is 0 Å². The molecule has 2 rings (SSSR count). The molecular formula is C14H8ClF3N2O3S. The van der Waals surface area contributed by atoms with Gasteiger partial charge in [-0.3, -0.25) is 4.72 Å². The standard InChI is InChI=1S/C14H8ClF3N2O3S/c15-10-5-4-9(8-19)13(6-10)20-24(21,22)12-3-1-2-11(7-12)23-14(16,17)18/h1-7,20H. The van der Waals surface area contributed by atoms with Crippen LogP contribution in [0.15, 0.2) is 47.4 Å². The molecule has 24 heavy (non-hydrogen) atoms. The van der Waals surface area contributed by atoms with Crippen molar-refractivity contribution in [2.24, 2.45) is 0 Å². The Morgan fingerprint density at radius 2 is 1.88 bits per heavy atom. The van der Waals surface area contributed by atoms with Gasteiger partial charge < -0.3 is 4.74 Å². The summed E-state index contributed by atoms with van der Waals surface area (Å²) in [4.78, 5) is -0.465. The zero-order valence-corrected chi connectivity index (χ0v) is 13.2. The van der Waals surface area contributed by atoms with E-state index >= 15 is 0 Å². The Hall–Kier alpha value is -2.44. The van der Waals surface area contributed by atoms with E-state index in [1.54, 1.807) is 6.07 Å². The van der Waals surface area contributed by atoms with Gasteiger partial charge in [-0.15, -0.1) is 13.2 Å². The topological polar surface area (TPSA) is 79.2 Å². The monoisotopic (exact) mass is 376 g/mol. The quantitative estimate of drug-likeness (QED) is 0.877. The molecule has 2 aromatic carbocycles. The summed E-state index contributed by atoms with van der Waals surface area (Å²) in [6.45, 7) is 0. The Balaban J connectivity index is 2.37. The van der Waals surface area contributed by atoms with E-state index < -0.39 is 27.0 Å². The second kappa shape index (κ2) is 6.59. The number of hydrogen-bond acceptors (Lipinski definition) is 4. The second-order valence-corrected chi connectivity index (χ2v) is 6.55. The van der Waals surface area contributed by atoms with Crippen molar-refractivity contribution in [1.29, 1.82) is 5.26 Å². The third-order valence-electron chi connectivity index (χ3n) is 2.70. The van der Waals surface area contributed by atoms with Gasteiger partial charge in [-0.05, 0) is 30.3 Å². The highest BCUT2D eigenvalue weighted by atomic mass is 35.5. The van der Waals surface area contributed by atoms with Crippen molar-refractivity contribution >= 4 is 27.3 Å². The second-order valence-electron chi connectivity index (χ2n) is 4.43. The zero-order valence-electron chi connectivity index (χ0n) is 11.6. The van der Waals surface area contributed by atoms with Crippen molar-refractivity contribution in [1.82, 2.24) is 0 Å². The minimum Gasteiger partial charge on any atom is -0.406 e. The van der Waals surface area contributed by atoms with Crippen molar-refractivity contribution in [3.63, 3.8) is 0 Å². The first-order chi connectivity index (χ1) is 11.1. The Morgan fingerprint density at radius 1 is 1.17 bits per heavy atom. The summed E-state index contributed by atoms with van der Waals surface area (Å²) >= 11 is 5.76. The maximum absolute atomic E-state index is 12.3. The van der Waals surface area contributed by atoms with Crippen LogP contribution in [0.25, 0.3) is 0 Å². The summed E-state index contributed by atoms with van der Waals surface area (Å²) in [5.74, 6) is -0.683. The fraction of sp³-hybridized carbons (Fsp3) is 0.0714. The number of nitrogens with zero attached hydrogens (tertiary/aromatic N) is 1. The molecule has 0 fully saturated rings. The van der Waals surface area contributed by atoms with Crippen LogP contribution in [0, 0.1) is 11.3 Å². The molecule has 0 unspecified atom stereocenters. The van der Waals surface area contributed by atoms with Crippen LogP contribution in [0.2, 0.25) is 5.02 Å². The zero-order chi connectivity index (χ0) is 18.0. The summed E-state index contributed by atoms with van der Waals surface area (Å²) < 4.78 is 67.1. The van der Waals surface area contributed by atoms with Crippen LogP contribution < -0.4 is 9.46 Å². The third kappa shape index (κ3) is 4.53. The summed E-state index contributed by atoms with van der Waals surface area (Å²) in [6, 6.07) is 9.56. The normalized spacial score (nSPS) is 11.6. The van der Waals surface area contributed by atoms with E-state index in [1.165, 1.54) is 18.2 Å². The molecule has 0 aliphatic rings. The Morgan fingerprint density at radius 3 is 2.50 bits per heavy atom. The van der Waals surface area contributed by atoms with Gasteiger partial charge in [0.1, 0.15) is 11.8 Å². The number of sulfonamides is 1. The highest BCUT2D eigenvalue weighted by molar-refractivity contribution is 7.92. The van der Waals surface area contributed by atoms with Crippen molar-refractivity contribution < 1.29 is 26.3 Å². The average molecular weight is 377 g/mol. The molecule has 5 nitrogen and oxygen atoms in total. The minimum atomic E-state index is -4.95. The first-order valence-electron chi connectivity index (χ1n) is 6.19. The summed E-state index contributed by atoms with van der Waals surface area (Å²) in [5.41, 5.74) is -0.0854. The molecule has 126 valence electrons. The van der Waals surface area contributed by atoms with Gasteiger partial charge >= 0.3 is 6.36 Å². The molecule has 10 heteroatoms. The molecule has 0 saturated heterocycles. The fourth-order valence-electron chi connectivity index (χ4n) is 1.74. The Bertz CT molecular complexity index is 908. The van der Waals surface area contributed by atoms with E-state index in [2.05, 4.69) is 9.46 Å². The van der Waals surface area contributed by atoms with Gasteiger partial charge in [0.05, 0.1) is 16.1 Å². The van der Waals surface area contributed by atoms with Crippen LogP contribution in [0.1, 0.15) is 5.56 Å². The Kier molecular flexibility index (Phi) is 4.91. The van der Waals surface area contributed by atoms with Gasteiger partial charge in [0.2, 0.25) is 0 Å². The van der Waals surface area contributed by atoms with Crippen LogP contribution in [0.3, 0.4) is 0 Å². The molecule has 0 heterocycles. The third-order valence-corrected chi connectivity index (χ3v) is 4.29. The average Bonchev–Trinajstić information content (AvgIpc) is 2.45. The molecule has 0 aliphatic heterocycles. The maximum atomic E-state index is 12.3. The molecule has 0 spiro atoms. The molecule has 0 radical (unpaired) electrons. The van der Waals surface area contributed by atoms with Crippen molar-refractivity contribution in [3.8, 4) is 11.8 Å². The molecular weight excluding hydrogens is 369 g/mol. The number of hydrogen-bond donors (Lipinski definition) is 1. The van der Waals surface area contributed by atoms with Gasteiger partial charge in [0, 0.05) is 11.1 Å². The van der Waals surface area contributed by atoms with Crippen molar-refractivity contribution in [2.75, 3.05) is 4.72 Å². The highest BCUT2D eigenvalue weighted by Gasteiger charge is 2.31. The molecule has 2 aromatic rings. The molecule has 1 N–H and O–H groups in total. The summed E-state index contributed by atoms with van der Waals surface area (Å²) in [5, 5.41) is 9.16. The van der Waals surface area contributed by atoms with Gasteiger partial charge in [-0.25, -0.2) is 8.42 Å². The molecule has 0 saturated carbocycles. The summed E-state index contributed by atoms with van der Waals surface area (Å²) in [7, 11) is -4.25. The first kappa shape index (κ1) is 17.9. The van der Waals surface area contributed by atoms with Crippen LogP contribution in [-0.2, 0) is 10.0 Å². The van der Waals surface area contributed by atoms with Crippen LogP contribution in [-0.4, -0.2) is 14.8 Å². The van der Waals surface area contributed by atoms with Gasteiger partial charge in [0.25, 0.3) is 10.0 Å². The number of nitriles is 1. The van der Waals surface area contributed by atoms with E-state index in [9.17, 15) is 21.6 Å². The number of nitrogens with one attached hydrogen (secondary N) is 1. The summed E-state index contributed by atoms with van der Waals surface area (Å²) in [6.07, 6.45) is -4.95. The highest BCUT2D eigenvalue weighted by Crippen LogP contribution is 2.27. The van der Waals surface area contributed by atoms with Gasteiger partial charge in [-0.1, -0.05) is 17.7 Å². The largest absolute Gasteiger partial charge is 0.573 e. The fourth-order valence-corrected chi connectivity index (χ4v) is 3.02. The molecule has 0 amide bonds. The first-order valence-corrected chi connectivity index (χ1v) is 8.05. The lowest BCUT2D eigenvalue weighted by molar-refractivity contribution is -0.274. The molecule has 0 bridgehead atoms. The lowest BCUT2D eigenvalue weighted by atomic mass is 10.2. The number of ether oxygens (including phenoxy) is 1. The van der Waals surface area contributed by atoms with E-state index in [-0.39, 0.29) is 16.3 Å². The van der Waals surface area contributed by atoms with Crippen LogP contribution >= 0.6 is 11.6 Å². The number of rotatable bonds is 4. The number of halogens is 4. The molecule has 0 aliphatic carbocycles.